The highest BCUT2D eigenvalue weighted by atomic mass is 16.3. The Morgan fingerprint density at radius 1 is 1.33 bits per heavy atom. The summed E-state index contributed by atoms with van der Waals surface area (Å²) in [5.41, 5.74) is 0.0694. The van der Waals surface area contributed by atoms with E-state index in [1.165, 1.54) is 25.7 Å². The Bertz CT molecular complexity index is 281. The lowest BCUT2D eigenvalue weighted by atomic mass is 9.80. The van der Waals surface area contributed by atoms with Crippen LogP contribution in [0.2, 0.25) is 0 Å². The topological polar surface area (TPSA) is 25.2 Å². The van der Waals surface area contributed by atoms with Gasteiger partial charge in [-0.2, -0.15) is 0 Å². The van der Waals surface area contributed by atoms with Gasteiger partial charge in [0.1, 0.15) is 5.76 Å². The van der Waals surface area contributed by atoms with E-state index in [-0.39, 0.29) is 5.54 Å². The molecule has 0 radical (unpaired) electrons. The summed E-state index contributed by atoms with van der Waals surface area (Å²) >= 11 is 0. The summed E-state index contributed by atoms with van der Waals surface area (Å²) in [5.74, 6) is 1.68. The lowest BCUT2D eigenvalue weighted by molar-refractivity contribution is 0.188. The van der Waals surface area contributed by atoms with Crippen molar-refractivity contribution in [3.63, 3.8) is 0 Å². The van der Waals surface area contributed by atoms with Crippen LogP contribution in [0.4, 0.5) is 0 Å². The summed E-state index contributed by atoms with van der Waals surface area (Å²) < 4.78 is 5.63. The van der Waals surface area contributed by atoms with Crippen molar-refractivity contribution in [3.05, 3.63) is 24.2 Å². The highest BCUT2D eigenvalue weighted by Crippen LogP contribution is 2.36. The molecule has 1 N–H and O–H groups in total. The van der Waals surface area contributed by atoms with Crippen LogP contribution in [0.3, 0.4) is 0 Å². The van der Waals surface area contributed by atoms with E-state index in [4.69, 9.17) is 4.42 Å². The summed E-state index contributed by atoms with van der Waals surface area (Å²) in [6, 6.07) is 4.10. The molecule has 1 aromatic heterocycles. The third kappa shape index (κ3) is 1.96. The quantitative estimate of drug-likeness (QED) is 0.805. The van der Waals surface area contributed by atoms with Gasteiger partial charge >= 0.3 is 0 Å². The number of hydrogen-bond acceptors (Lipinski definition) is 2. The molecule has 1 aliphatic heterocycles. The predicted molar refractivity (Wildman–Crippen MR) is 61.7 cm³/mol. The maximum absolute atomic E-state index is 5.63. The Hall–Kier alpha value is -0.760. The van der Waals surface area contributed by atoms with Crippen LogP contribution in [0.5, 0.6) is 0 Å². The van der Waals surface area contributed by atoms with Crippen molar-refractivity contribution >= 4 is 0 Å². The molecule has 0 aliphatic carbocycles. The van der Waals surface area contributed by atoms with E-state index in [0.717, 1.165) is 12.3 Å². The summed E-state index contributed by atoms with van der Waals surface area (Å²) in [7, 11) is 0. The van der Waals surface area contributed by atoms with E-state index in [1.54, 1.807) is 6.26 Å². The Balaban J connectivity index is 2.30. The van der Waals surface area contributed by atoms with Gasteiger partial charge in [0.15, 0.2) is 0 Å². The molecule has 0 saturated carbocycles. The van der Waals surface area contributed by atoms with Crippen LogP contribution < -0.4 is 5.32 Å². The molecule has 1 aromatic rings. The largest absolute Gasteiger partial charge is 0.467 e. The number of nitrogens with one attached hydrogen (secondary N) is 1. The molecule has 1 atom stereocenters. The predicted octanol–water partition coefficient (Wildman–Crippen LogP) is 3.29. The highest BCUT2D eigenvalue weighted by Gasteiger charge is 2.38. The third-order valence-electron chi connectivity index (χ3n) is 3.63. The van der Waals surface area contributed by atoms with Gasteiger partial charge in [-0.3, -0.25) is 0 Å². The zero-order valence-electron chi connectivity index (χ0n) is 9.75. The first-order chi connectivity index (χ1) is 7.26. The molecule has 2 nitrogen and oxygen atoms in total. The number of hydrogen-bond donors (Lipinski definition) is 1. The molecule has 84 valence electrons. The average molecular weight is 207 g/mol. The molecule has 0 spiro atoms. The van der Waals surface area contributed by atoms with Crippen LogP contribution in [-0.2, 0) is 5.54 Å². The van der Waals surface area contributed by atoms with Crippen molar-refractivity contribution < 1.29 is 4.42 Å². The van der Waals surface area contributed by atoms with Crippen LogP contribution in [0.15, 0.2) is 22.8 Å². The van der Waals surface area contributed by atoms with Crippen LogP contribution in [0.25, 0.3) is 0 Å². The summed E-state index contributed by atoms with van der Waals surface area (Å²) in [5, 5.41) is 3.70. The summed E-state index contributed by atoms with van der Waals surface area (Å²) in [6.45, 7) is 5.67. The molecule has 2 rings (SSSR count). The van der Waals surface area contributed by atoms with Crippen molar-refractivity contribution in [2.75, 3.05) is 6.54 Å². The fourth-order valence-electron chi connectivity index (χ4n) is 2.63. The number of furan rings is 1. The molecule has 1 aliphatic rings. The van der Waals surface area contributed by atoms with Gasteiger partial charge in [0, 0.05) is 0 Å². The first kappa shape index (κ1) is 10.7. The average Bonchev–Trinajstić information content (AvgIpc) is 2.63. The molecule has 1 fully saturated rings. The lowest BCUT2D eigenvalue weighted by Crippen LogP contribution is -2.45. The van der Waals surface area contributed by atoms with Crippen LogP contribution in [0, 0.1) is 5.92 Å². The van der Waals surface area contributed by atoms with Gasteiger partial charge in [0.25, 0.3) is 0 Å². The van der Waals surface area contributed by atoms with Gasteiger partial charge in [0.2, 0.25) is 0 Å². The van der Waals surface area contributed by atoms with Crippen LogP contribution >= 0.6 is 0 Å². The van der Waals surface area contributed by atoms with Gasteiger partial charge < -0.3 is 9.73 Å². The summed E-state index contributed by atoms with van der Waals surface area (Å²) in [4.78, 5) is 0. The van der Waals surface area contributed by atoms with Gasteiger partial charge in [-0.1, -0.05) is 26.7 Å². The molecular weight excluding hydrogens is 186 g/mol. The minimum absolute atomic E-state index is 0.0694. The van der Waals surface area contributed by atoms with Gasteiger partial charge in [-0.15, -0.1) is 0 Å². The monoisotopic (exact) mass is 207 g/mol. The molecular formula is C13H21NO. The smallest absolute Gasteiger partial charge is 0.124 e. The third-order valence-corrected chi connectivity index (χ3v) is 3.63. The highest BCUT2D eigenvalue weighted by molar-refractivity contribution is 5.14. The molecule has 0 aromatic carbocycles. The first-order valence-electron chi connectivity index (χ1n) is 6.05. The van der Waals surface area contributed by atoms with E-state index in [2.05, 4.69) is 25.2 Å². The van der Waals surface area contributed by atoms with Crippen LogP contribution in [-0.4, -0.2) is 6.54 Å². The molecule has 15 heavy (non-hydrogen) atoms. The van der Waals surface area contributed by atoms with E-state index < -0.39 is 0 Å². The first-order valence-corrected chi connectivity index (χ1v) is 6.05. The second-order valence-electron chi connectivity index (χ2n) is 4.84. The maximum atomic E-state index is 5.63. The Kier molecular flexibility index (Phi) is 3.15. The second-order valence-corrected chi connectivity index (χ2v) is 4.84. The van der Waals surface area contributed by atoms with E-state index in [0.29, 0.717) is 5.92 Å². The SMILES string of the molecule is CC(C)C1(c2ccco2)CCCCCN1. The standard InChI is InChI=1S/C13H21NO/c1-11(2)13(12-7-6-10-15-12)8-4-3-5-9-14-13/h6-7,10-11,14H,3-5,8-9H2,1-2H3. The van der Waals surface area contributed by atoms with Crippen molar-refractivity contribution in [2.24, 2.45) is 5.92 Å². The fraction of sp³-hybridized carbons (Fsp3) is 0.692. The zero-order chi connectivity index (χ0) is 10.7. The second kappa shape index (κ2) is 4.40. The van der Waals surface area contributed by atoms with Crippen LogP contribution in [0.1, 0.15) is 45.3 Å². The van der Waals surface area contributed by atoms with E-state index in [1.807, 2.05) is 6.07 Å². The van der Waals surface area contributed by atoms with Gasteiger partial charge in [-0.25, -0.2) is 0 Å². The van der Waals surface area contributed by atoms with Crippen molar-refractivity contribution in [2.45, 2.75) is 45.1 Å². The normalized spacial score (nSPS) is 27.9. The van der Waals surface area contributed by atoms with Gasteiger partial charge in [-0.05, 0) is 37.4 Å². The van der Waals surface area contributed by atoms with Crippen molar-refractivity contribution in [3.8, 4) is 0 Å². The van der Waals surface area contributed by atoms with Crippen molar-refractivity contribution in [1.29, 1.82) is 0 Å². The maximum Gasteiger partial charge on any atom is 0.124 e. The molecule has 2 heteroatoms. The van der Waals surface area contributed by atoms with Crippen molar-refractivity contribution in [1.82, 2.24) is 5.32 Å². The zero-order valence-corrected chi connectivity index (χ0v) is 9.75. The van der Waals surface area contributed by atoms with Gasteiger partial charge in [0.05, 0.1) is 11.8 Å². The fourth-order valence-corrected chi connectivity index (χ4v) is 2.63. The molecule has 0 bridgehead atoms. The van der Waals surface area contributed by atoms with E-state index in [9.17, 15) is 0 Å². The molecule has 2 heterocycles. The Morgan fingerprint density at radius 3 is 2.87 bits per heavy atom. The lowest BCUT2D eigenvalue weighted by Gasteiger charge is -2.35. The summed E-state index contributed by atoms with van der Waals surface area (Å²) in [6.07, 6.45) is 6.90. The molecule has 0 amide bonds. The minimum atomic E-state index is 0.0694. The molecule has 1 unspecified atom stereocenters. The Morgan fingerprint density at radius 2 is 2.20 bits per heavy atom. The van der Waals surface area contributed by atoms with E-state index >= 15 is 0 Å². The number of rotatable bonds is 2. The minimum Gasteiger partial charge on any atom is -0.467 e. The molecule has 1 saturated heterocycles. The Labute approximate surface area is 92.1 Å².